The minimum Gasteiger partial charge on any atom is -0.484 e. The van der Waals surface area contributed by atoms with Crippen molar-refractivity contribution in [1.29, 1.82) is 0 Å². The number of ether oxygens (including phenoxy) is 1. The van der Waals surface area contributed by atoms with Crippen LogP contribution in [-0.2, 0) is 11.4 Å². The van der Waals surface area contributed by atoms with E-state index in [9.17, 15) is 9.59 Å². The lowest BCUT2D eigenvalue weighted by Gasteiger charge is -2.04. The molecule has 0 unspecified atom stereocenters. The second-order valence-electron chi connectivity index (χ2n) is 7.15. The standard InChI is InChI=1S/C25H17N3O4S/c29-23-21(33-25(30)26-23)14-16-6-12-20(13-7-16)31-15-22-27-28-24(32-22)19-10-8-18(9-11-19)17-4-2-1-3-5-17/h1-14H,15H2,(H,26,29,30)/b21-14+. The molecule has 1 aliphatic heterocycles. The van der Waals surface area contributed by atoms with Gasteiger partial charge in [-0.3, -0.25) is 14.9 Å². The van der Waals surface area contributed by atoms with E-state index in [0.717, 1.165) is 34.0 Å². The van der Waals surface area contributed by atoms with Crippen molar-refractivity contribution in [2.75, 3.05) is 0 Å². The monoisotopic (exact) mass is 455 g/mol. The first-order valence-electron chi connectivity index (χ1n) is 10.1. The summed E-state index contributed by atoms with van der Waals surface area (Å²) in [5.74, 6) is 1.02. The van der Waals surface area contributed by atoms with Crippen LogP contribution in [0.3, 0.4) is 0 Å². The van der Waals surface area contributed by atoms with Crippen LogP contribution >= 0.6 is 11.8 Å². The second-order valence-corrected chi connectivity index (χ2v) is 8.17. The molecular weight excluding hydrogens is 438 g/mol. The molecule has 0 saturated carbocycles. The number of rotatable bonds is 6. The van der Waals surface area contributed by atoms with Crippen molar-refractivity contribution in [3.63, 3.8) is 0 Å². The maximum Gasteiger partial charge on any atom is 0.290 e. The zero-order valence-corrected chi connectivity index (χ0v) is 18.0. The number of aromatic nitrogens is 2. The van der Waals surface area contributed by atoms with Gasteiger partial charge in [-0.25, -0.2) is 0 Å². The van der Waals surface area contributed by atoms with Gasteiger partial charge in [-0.15, -0.1) is 10.2 Å². The van der Waals surface area contributed by atoms with Crippen LogP contribution < -0.4 is 10.1 Å². The normalized spacial score (nSPS) is 14.5. The van der Waals surface area contributed by atoms with Crippen LogP contribution in [0.25, 0.3) is 28.7 Å². The Bertz CT molecular complexity index is 1330. The number of carbonyl (C=O) groups excluding carboxylic acids is 2. The SMILES string of the molecule is O=C1NC(=O)/C(=C\c2ccc(OCc3nnc(-c4ccc(-c5ccccc5)cc4)o3)cc2)S1. The van der Waals surface area contributed by atoms with E-state index in [1.165, 1.54) is 0 Å². The summed E-state index contributed by atoms with van der Waals surface area (Å²) in [4.78, 5) is 23.2. The van der Waals surface area contributed by atoms with Crippen LogP contribution in [0.15, 0.2) is 88.2 Å². The highest BCUT2D eigenvalue weighted by atomic mass is 32.2. The van der Waals surface area contributed by atoms with Crippen molar-refractivity contribution in [3.8, 4) is 28.3 Å². The van der Waals surface area contributed by atoms with E-state index in [0.29, 0.717) is 22.4 Å². The minimum atomic E-state index is -0.382. The lowest BCUT2D eigenvalue weighted by atomic mass is 10.0. The average Bonchev–Trinajstić information content (AvgIpc) is 3.45. The van der Waals surface area contributed by atoms with Gasteiger partial charge in [-0.2, -0.15) is 0 Å². The Balaban J connectivity index is 1.20. The molecule has 162 valence electrons. The molecule has 0 atom stereocenters. The molecule has 5 rings (SSSR count). The van der Waals surface area contributed by atoms with E-state index >= 15 is 0 Å². The molecular formula is C25H17N3O4S. The molecule has 7 nitrogen and oxygen atoms in total. The number of nitrogens with one attached hydrogen (secondary N) is 1. The van der Waals surface area contributed by atoms with Gasteiger partial charge in [0.2, 0.25) is 5.89 Å². The molecule has 2 amide bonds. The Morgan fingerprint density at radius 2 is 1.55 bits per heavy atom. The fourth-order valence-electron chi connectivity index (χ4n) is 3.24. The number of thioether (sulfide) groups is 1. The van der Waals surface area contributed by atoms with Crippen LogP contribution in [0.5, 0.6) is 5.75 Å². The fourth-order valence-corrected chi connectivity index (χ4v) is 3.92. The van der Waals surface area contributed by atoms with Gasteiger partial charge in [0.05, 0.1) is 4.91 Å². The molecule has 33 heavy (non-hydrogen) atoms. The van der Waals surface area contributed by atoms with Gasteiger partial charge >= 0.3 is 0 Å². The fraction of sp³-hybridized carbons (Fsp3) is 0.0400. The Hall–Kier alpha value is -4.17. The molecule has 1 aliphatic rings. The molecule has 1 aromatic heterocycles. The first kappa shape index (κ1) is 20.7. The van der Waals surface area contributed by atoms with Crippen molar-refractivity contribution in [3.05, 3.63) is 95.2 Å². The lowest BCUT2D eigenvalue weighted by Crippen LogP contribution is -2.17. The van der Waals surface area contributed by atoms with E-state index in [1.807, 2.05) is 42.5 Å². The van der Waals surface area contributed by atoms with Gasteiger partial charge < -0.3 is 9.15 Å². The quantitative estimate of drug-likeness (QED) is 0.394. The molecule has 0 bridgehead atoms. The molecule has 2 heterocycles. The minimum absolute atomic E-state index is 0.127. The first-order valence-corrected chi connectivity index (χ1v) is 10.9. The third-order valence-electron chi connectivity index (χ3n) is 4.89. The lowest BCUT2D eigenvalue weighted by molar-refractivity contribution is -0.115. The molecule has 1 fully saturated rings. The Morgan fingerprint density at radius 3 is 2.24 bits per heavy atom. The molecule has 3 aromatic carbocycles. The predicted molar refractivity (Wildman–Crippen MR) is 125 cm³/mol. The van der Waals surface area contributed by atoms with Crippen LogP contribution in [0, 0.1) is 0 Å². The van der Waals surface area contributed by atoms with Crippen molar-refractivity contribution < 1.29 is 18.7 Å². The molecule has 8 heteroatoms. The van der Waals surface area contributed by atoms with Crippen LogP contribution in [0.4, 0.5) is 4.79 Å². The van der Waals surface area contributed by atoms with Crippen molar-refractivity contribution in [2.45, 2.75) is 6.61 Å². The summed E-state index contributed by atoms with van der Waals surface area (Å²) in [5, 5.41) is 10.0. The summed E-state index contributed by atoms with van der Waals surface area (Å²) in [6, 6.07) is 25.2. The molecule has 4 aromatic rings. The second kappa shape index (κ2) is 9.13. The highest BCUT2D eigenvalue weighted by molar-refractivity contribution is 8.18. The first-order chi connectivity index (χ1) is 16.1. The average molecular weight is 455 g/mol. The number of hydrogen-bond acceptors (Lipinski definition) is 7. The van der Waals surface area contributed by atoms with Gasteiger partial charge in [-0.1, -0.05) is 54.6 Å². The maximum atomic E-state index is 11.6. The highest BCUT2D eigenvalue weighted by Gasteiger charge is 2.24. The van der Waals surface area contributed by atoms with Crippen molar-refractivity contribution in [2.24, 2.45) is 0 Å². The van der Waals surface area contributed by atoms with Crippen molar-refractivity contribution >= 4 is 29.0 Å². The van der Waals surface area contributed by atoms with E-state index in [4.69, 9.17) is 9.15 Å². The topological polar surface area (TPSA) is 94.3 Å². The summed E-state index contributed by atoms with van der Waals surface area (Å²) in [6.07, 6.45) is 1.65. The maximum absolute atomic E-state index is 11.6. The third-order valence-corrected chi connectivity index (χ3v) is 5.70. The zero-order valence-electron chi connectivity index (χ0n) is 17.2. The van der Waals surface area contributed by atoms with Gasteiger partial charge in [-0.05, 0) is 58.8 Å². The van der Waals surface area contributed by atoms with Gasteiger partial charge in [0, 0.05) is 5.56 Å². The zero-order chi connectivity index (χ0) is 22.6. The summed E-state index contributed by atoms with van der Waals surface area (Å²) in [6.45, 7) is 0.127. The summed E-state index contributed by atoms with van der Waals surface area (Å²) >= 11 is 0.883. The smallest absolute Gasteiger partial charge is 0.290 e. The van der Waals surface area contributed by atoms with Gasteiger partial charge in [0.25, 0.3) is 17.0 Å². The Kier molecular flexibility index (Phi) is 5.73. The number of benzene rings is 3. The molecule has 0 aliphatic carbocycles. The number of carbonyl (C=O) groups is 2. The van der Waals surface area contributed by atoms with E-state index in [1.54, 1.807) is 30.3 Å². The third kappa shape index (κ3) is 4.86. The van der Waals surface area contributed by atoms with E-state index in [-0.39, 0.29) is 17.8 Å². The number of amides is 2. The Labute approximate surface area is 193 Å². The molecule has 0 spiro atoms. The largest absolute Gasteiger partial charge is 0.484 e. The Morgan fingerprint density at radius 1 is 0.848 bits per heavy atom. The molecule has 1 N–H and O–H groups in total. The van der Waals surface area contributed by atoms with Crippen LogP contribution in [0.2, 0.25) is 0 Å². The van der Waals surface area contributed by atoms with E-state index < -0.39 is 0 Å². The number of hydrogen-bond donors (Lipinski definition) is 1. The molecule has 1 saturated heterocycles. The molecule has 0 radical (unpaired) electrons. The van der Waals surface area contributed by atoms with Crippen molar-refractivity contribution in [1.82, 2.24) is 15.5 Å². The van der Waals surface area contributed by atoms with Crippen LogP contribution in [-0.4, -0.2) is 21.3 Å². The highest BCUT2D eigenvalue weighted by Crippen LogP contribution is 2.27. The summed E-state index contributed by atoms with van der Waals surface area (Å²) < 4.78 is 11.5. The van der Waals surface area contributed by atoms with Gasteiger partial charge in [0.1, 0.15) is 5.75 Å². The summed E-state index contributed by atoms with van der Waals surface area (Å²) in [5.41, 5.74) is 3.87. The number of nitrogens with zero attached hydrogens (tertiary/aromatic N) is 2. The van der Waals surface area contributed by atoms with Gasteiger partial charge in [0.15, 0.2) is 6.61 Å². The summed E-state index contributed by atoms with van der Waals surface area (Å²) in [7, 11) is 0. The predicted octanol–water partition coefficient (Wildman–Crippen LogP) is 5.31. The van der Waals surface area contributed by atoms with Crippen LogP contribution in [0.1, 0.15) is 11.5 Å². The number of imide groups is 1. The van der Waals surface area contributed by atoms with E-state index in [2.05, 4.69) is 27.6 Å².